The highest BCUT2D eigenvalue weighted by Crippen LogP contribution is 2.23. The van der Waals surface area contributed by atoms with Crippen molar-refractivity contribution in [2.45, 2.75) is 25.1 Å². The smallest absolute Gasteiger partial charge is 0.162 e. The number of hydrogen-bond acceptors (Lipinski definition) is 6. The zero-order valence-electron chi connectivity index (χ0n) is 13.6. The maximum Gasteiger partial charge on any atom is 0.162 e. The van der Waals surface area contributed by atoms with Crippen molar-refractivity contribution in [2.75, 3.05) is 32.2 Å². The van der Waals surface area contributed by atoms with Gasteiger partial charge in [0.15, 0.2) is 5.76 Å². The SMILES string of the molecule is CN(C)c1ccc(CNC2(Cc3cc(CO)on3)COC2)cc1. The number of benzene rings is 1. The van der Waals surface area contributed by atoms with E-state index in [0.717, 1.165) is 18.7 Å². The molecular formula is C17H23N3O3. The third-order valence-electron chi connectivity index (χ3n) is 4.16. The van der Waals surface area contributed by atoms with Crippen molar-refractivity contribution >= 4 is 5.69 Å². The monoisotopic (exact) mass is 317 g/mol. The Morgan fingerprint density at radius 1 is 1.26 bits per heavy atom. The number of aromatic nitrogens is 1. The zero-order valence-corrected chi connectivity index (χ0v) is 13.6. The van der Waals surface area contributed by atoms with Crippen LogP contribution in [-0.2, 0) is 24.3 Å². The second-order valence-electron chi connectivity index (χ2n) is 6.31. The topological polar surface area (TPSA) is 70.8 Å². The summed E-state index contributed by atoms with van der Waals surface area (Å²) < 4.78 is 10.5. The second kappa shape index (κ2) is 6.70. The molecule has 0 amide bonds. The van der Waals surface area contributed by atoms with Gasteiger partial charge in [0.25, 0.3) is 0 Å². The zero-order chi connectivity index (χ0) is 16.3. The quantitative estimate of drug-likeness (QED) is 0.803. The summed E-state index contributed by atoms with van der Waals surface area (Å²) in [6.07, 6.45) is 0.728. The van der Waals surface area contributed by atoms with Crippen molar-refractivity contribution < 1.29 is 14.4 Å². The van der Waals surface area contributed by atoms with E-state index >= 15 is 0 Å². The summed E-state index contributed by atoms with van der Waals surface area (Å²) in [5.74, 6) is 0.495. The van der Waals surface area contributed by atoms with Crippen LogP contribution in [0.25, 0.3) is 0 Å². The second-order valence-corrected chi connectivity index (χ2v) is 6.31. The number of aliphatic hydroxyl groups is 1. The Balaban J connectivity index is 1.60. The van der Waals surface area contributed by atoms with Gasteiger partial charge in [-0.1, -0.05) is 17.3 Å². The lowest BCUT2D eigenvalue weighted by atomic mass is 9.91. The average Bonchev–Trinajstić information content (AvgIpc) is 2.97. The number of nitrogens with one attached hydrogen (secondary N) is 1. The van der Waals surface area contributed by atoms with Gasteiger partial charge in [0.2, 0.25) is 0 Å². The third-order valence-corrected chi connectivity index (χ3v) is 4.16. The highest BCUT2D eigenvalue weighted by atomic mass is 16.5. The van der Waals surface area contributed by atoms with Gasteiger partial charge in [-0.15, -0.1) is 0 Å². The molecular weight excluding hydrogens is 294 g/mol. The largest absolute Gasteiger partial charge is 0.388 e. The van der Waals surface area contributed by atoms with E-state index in [1.807, 2.05) is 14.1 Å². The van der Waals surface area contributed by atoms with E-state index < -0.39 is 0 Å². The van der Waals surface area contributed by atoms with Gasteiger partial charge in [0.1, 0.15) is 6.61 Å². The molecule has 0 aliphatic carbocycles. The van der Waals surface area contributed by atoms with Crippen LogP contribution >= 0.6 is 0 Å². The van der Waals surface area contributed by atoms with Gasteiger partial charge < -0.3 is 24.6 Å². The maximum absolute atomic E-state index is 9.06. The minimum absolute atomic E-state index is 0.107. The fraction of sp³-hybridized carbons (Fsp3) is 0.471. The predicted octanol–water partition coefficient (Wildman–Crippen LogP) is 1.33. The molecule has 0 unspecified atom stereocenters. The number of rotatable bonds is 7. The minimum Gasteiger partial charge on any atom is -0.388 e. The van der Waals surface area contributed by atoms with E-state index in [-0.39, 0.29) is 12.1 Å². The summed E-state index contributed by atoms with van der Waals surface area (Å²) in [5.41, 5.74) is 3.16. The first-order valence-corrected chi connectivity index (χ1v) is 7.75. The van der Waals surface area contributed by atoms with Crippen LogP contribution in [0.2, 0.25) is 0 Å². The van der Waals surface area contributed by atoms with Gasteiger partial charge in [0.05, 0.1) is 24.4 Å². The summed E-state index contributed by atoms with van der Waals surface area (Å²) in [7, 11) is 4.07. The van der Waals surface area contributed by atoms with Crippen molar-refractivity contribution in [1.29, 1.82) is 0 Å². The Kier molecular flexibility index (Phi) is 4.66. The van der Waals surface area contributed by atoms with Crippen LogP contribution in [0.15, 0.2) is 34.9 Å². The average molecular weight is 317 g/mol. The van der Waals surface area contributed by atoms with Crippen molar-refractivity contribution in [3.8, 4) is 0 Å². The molecule has 1 aromatic heterocycles. The van der Waals surface area contributed by atoms with E-state index in [0.29, 0.717) is 19.0 Å². The van der Waals surface area contributed by atoms with Crippen LogP contribution in [0.4, 0.5) is 5.69 Å². The maximum atomic E-state index is 9.06. The fourth-order valence-corrected chi connectivity index (χ4v) is 2.68. The van der Waals surface area contributed by atoms with E-state index in [1.54, 1.807) is 6.07 Å². The molecule has 6 nitrogen and oxygen atoms in total. The van der Waals surface area contributed by atoms with Gasteiger partial charge in [0, 0.05) is 38.8 Å². The Bertz CT molecular complexity index is 633. The molecule has 2 heterocycles. The first-order valence-electron chi connectivity index (χ1n) is 7.75. The Morgan fingerprint density at radius 2 is 2.00 bits per heavy atom. The molecule has 0 atom stereocenters. The molecule has 6 heteroatoms. The molecule has 124 valence electrons. The van der Waals surface area contributed by atoms with Crippen LogP contribution in [0, 0.1) is 0 Å². The fourth-order valence-electron chi connectivity index (χ4n) is 2.68. The van der Waals surface area contributed by atoms with Gasteiger partial charge in [-0.05, 0) is 17.7 Å². The standard InChI is InChI=1S/C17H23N3O3/c1-20(2)15-5-3-13(4-6-15)9-18-17(11-22-12-17)8-14-7-16(10-21)23-19-14/h3-7,18,21H,8-12H2,1-2H3. The summed E-state index contributed by atoms with van der Waals surface area (Å²) in [6, 6.07) is 10.3. The van der Waals surface area contributed by atoms with Crippen molar-refractivity contribution in [2.24, 2.45) is 0 Å². The van der Waals surface area contributed by atoms with E-state index in [9.17, 15) is 0 Å². The molecule has 2 N–H and O–H groups in total. The van der Waals surface area contributed by atoms with E-state index in [1.165, 1.54) is 11.3 Å². The molecule has 1 saturated heterocycles. The normalized spacial score (nSPS) is 16.1. The number of nitrogens with zero attached hydrogens (tertiary/aromatic N) is 2. The van der Waals surface area contributed by atoms with Crippen molar-refractivity contribution in [1.82, 2.24) is 10.5 Å². The Morgan fingerprint density at radius 3 is 2.52 bits per heavy atom. The van der Waals surface area contributed by atoms with Crippen LogP contribution in [-0.4, -0.2) is 43.1 Å². The minimum atomic E-state index is -0.123. The van der Waals surface area contributed by atoms with Crippen LogP contribution in [0.1, 0.15) is 17.0 Å². The highest BCUT2D eigenvalue weighted by Gasteiger charge is 2.39. The summed E-state index contributed by atoms with van der Waals surface area (Å²) in [5, 5.41) is 16.7. The highest BCUT2D eigenvalue weighted by molar-refractivity contribution is 5.46. The predicted molar refractivity (Wildman–Crippen MR) is 87.3 cm³/mol. The Labute approximate surface area is 136 Å². The molecule has 1 aromatic carbocycles. The van der Waals surface area contributed by atoms with Gasteiger partial charge in [-0.3, -0.25) is 0 Å². The molecule has 1 aliphatic heterocycles. The lowest BCUT2D eigenvalue weighted by Gasteiger charge is -2.42. The molecule has 0 bridgehead atoms. The van der Waals surface area contributed by atoms with Gasteiger partial charge in [-0.25, -0.2) is 0 Å². The number of aliphatic hydroxyl groups excluding tert-OH is 1. The van der Waals surface area contributed by atoms with Crippen LogP contribution < -0.4 is 10.2 Å². The van der Waals surface area contributed by atoms with Crippen molar-refractivity contribution in [3.63, 3.8) is 0 Å². The summed E-state index contributed by atoms with van der Waals surface area (Å²) in [4.78, 5) is 2.09. The molecule has 23 heavy (non-hydrogen) atoms. The molecule has 0 spiro atoms. The van der Waals surface area contributed by atoms with Crippen LogP contribution in [0.5, 0.6) is 0 Å². The van der Waals surface area contributed by atoms with Crippen LogP contribution in [0.3, 0.4) is 0 Å². The summed E-state index contributed by atoms with van der Waals surface area (Å²) in [6.45, 7) is 1.97. The molecule has 1 fully saturated rings. The molecule has 2 aromatic rings. The lowest BCUT2D eigenvalue weighted by Crippen LogP contribution is -2.61. The number of ether oxygens (including phenoxy) is 1. The lowest BCUT2D eigenvalue weighted by molar-refractivity contribution is -0.0755. The van der Waals surface area contributed by atoms with E-state index in [4.69, 9.17) is 14.4 Å². The number of anilines is 1. The first-order chi connectivity index (χ1) is 11.1. The van der Waals surface area contributed by atoms with Gasteiger partial charge >= 0.3 is 0 Å². The molecule has 0 saturated carbocycles. The van der Waals surface area contributed by atoms with E-state index in [2.05, 4.69) is 39.6 Å². The summed E-state index contributed by atoms with van der Waals surface area (Å²) >= 11 is 0. The molecule has 3 rings (SSSR count). The molecule has 1 aliphatic rings. The first kappa shape index (κ1) is 16.0. The van der Waals surface area contributed by atoms with Gasteiger partial charge in [-0.2, -0.15) is 0 Å². The molecule has 0 radical (unpaired) electrons. The van der Waals surface area contributed by atoms with Crippen molar-refractivity contribution in [3.05, 3.63) is 47.3 Å². The third kappa shape index (κ3) is 3.72. The number of hydrogen-bond donors (Lipinski definition) is 2. The Hall–Kier alpha value is -1.89.